The van der Waals surface area contributed by atoms with Gasteiger partial charge in [0, 0.05) is 5.41 Å². The van der Waals surface area contributed by atoms with Gasteiger partial charge in [0.1, 0.15) is 28.8 Å². The highest BCUT2D eigenvalue weighted by Gasteiger charge is 2.41. The zero-order valence-electron chi connectivity index (χ0n) is 27.1. The molecule has 1 saturated heterocycles. The Morgan fingerprint density at radius 1 is 0.700 bits per heavy atom. The zero-order valence-corrected chi connectivity index (χ0v) is 27.1. The largest absolute Gasteiger partial charge is 0.485 e. The van der Waals surface area contributed by atoms with Crippen LogP contribution in [0.1, 0.15) is 101 Å². The summed E-state index contributed by atoms with van der Waals surface area (Å²) in [6, 6.07) is 16.8. The predicted molar refractivity (Wildman–Crippen MR) is 164 cm³/mol. The average Bonchev–Trinajstić information content (AvgIpc) is 3.73. The molecule has 1 aliphatic rings. The Morgan fingerprint density at radius 3 is 1.48 bits per heavy atom. The van der Waals surface area contributed by atoms with Gasteiger partial charge >= 0.3 is 0 Å². The Labute approximate surface area is 243 Å². The second kappa shape index (κ2) is 12.0. The van der Waals surface area contributed by atoms with Crippen LogP contribution in [0.4, 0.5) is 0 Å². The quantitative estimate of drug-likeness (QED) is 0.207. The fourth-order valence-electron chi connectivity index (χ4n) is 4.64. The Hall–Kier alpha value is -2.08. The molecule has 0 saturated carbocycles. The summed E-state index contributed by atoms with van der Waals surface area (Å²) in [5, 5.41) is 0. The molecule has 3 rings (SSSR count). The lowest BCUT2D eigenvalue weighted by Gasteiger charge is -2.36. The first-order valence-electron chi connectivity index (χ1n) is 14.9. The average molecular weight is 555 g/mol. The molecule has 0 amide bonds. The second-order valence-corrected chi connectivity index (χ2v) is 14.3. The summed E-state index contributed by atoms with van der Waals surface area (Å²) in [6.07, 6.45) is 1.27. The van der Waals surface area contributed by atoms with Crippen LogP contribution < -0.4 is 9.47 Å². The maximum atomic E-state index is 6.34. The van der Waals surface area contributed by atoms with Crippen molar-refractivity contribution >= 4 is 0 Å². The Kier molecular flexibility index (Phi) is 9.76. The van der Waals surface area contributed by atoms with Crippen molar-refractivity contribution in [2.75, 3.05) is 19.8 Å². The fourth-order valence-corrected chi connectivity index (χ4v) is 4.64. The number of rotatable bonds is 15. The third-order valence-electron chi connectivity index (χ3n) is 8.43. The second-order valence-electron chi connectivity index (χ2n) is 14.3. The van der Waals surface area contributed by atoms with Gasteiger partial charge in [-0.2, -0.15) is 0 Å². The van der Waals surface area contributed by atoms with E-state index in [0.717, 1.165) is 24.5 Å². The van der Waals surface area contributed by atoms with E-state index in [9.17, 15) is 0 Å². The molecule has 2 unspecified atom stereocenters. The Balaban J connectivity index is 1.60. The molecule has 2 aromatic rings. The molecule has 40 heavy (non-hydrogen) atoms. The normalized spacial score (nSPS) is 17.4. The molecule has 1 aliphatic heterocycles. The lowest BCUT2D eigenvalue weighted by Crippen LogP contribution is -2.41. The number of epoxide rings is 1. The summed E-state index contributed by atoms with van der Waals surface area (Å²) in [4.78, 5) is 0. The van der Waals surface area contributed by atoms with E-state index < -0.39 is 11.2 Å². The highest BCUT2D eigenvalue weighted by Crippen LogP contribution is 2.35. The Bertz CT molecular complexity index is 1080. The van der Waals surface area contributed by atoms with Crippen molar-refractivity contribution in [1.82, 2.24) is 0 Å². The van der Waals surface area contributed by atoms with Crippen molar-refractivity contribution < 1.29 is 23.7 Å². The molecule has 0 aliphatic carbocycles. The number of benzene rings is 2. The highest BCUT2D eigenvalue weighted by molar-refractivity contribution is 5.42. The van der Waals surface area contributed by atoms with Crippen molar-refractivity contribution in [2.45, 2.75) is 123 Å². The van der Waals surface area contributed by atoms with Crippen LogP contribution in [0.25, 0.3) is 0 Å². The van der Waals surface area contributed by atoms with Crippen molar-refractivity contribution in [3.63, 3.8) is 0 Å². The van der Waals surface area contributed by atoms with Crippen LogP contribution in [-0.4, -0.2) is 48.3 Å². The van der Waals surface area contributed by atoms with E-state index >= 15 is 0 Å². The van der Waals surface area contributed by atoms with Crippen LogP contribution in [0, 0.1) is 5.92 Å². The van der Waals surface area contributed by atoms with Crippen LogP contribution in [0.5, 0.6) is 11.5 Å². The minimum absolute atomic E-state index is 0.178. The van der Waals surface area contributed by atoms with Gasteiger partial charge in [0.25, 0.3) is 0 Å². The van der Waals surface area contributed by atoms with Crippen molar-refractivity contribution in [3.05, 3.63) is 59.7 Å². The van der Waals surface area contributed by atoms with Gasteiger partial charge in [-0.1, -0.05) is 58.4 Å². The first kappa shape index (κ1) is 32.4. The molecule has 5 heteroatoms. The molecule has 0 N–H and O–H groups in total. The summed E-state index contributed by atoms with van der Waals surface area (Å²) in [5.41, 5.74) is 0.885. The van der Waals surface area contributed by atoms with Crippen molar-refractivity contribution in [3.8, 4) is 11.5 Å². The van der Waals surface area contributed by atoms with E-state index in [1.165, 1.54) is 11.1 Å². The SMILES string of the molecule is CCC(C)C(C)(C)OCC(C)(C)Oc1ccc(C(C)(C)c2ccc(OC(C)(C)COC(C)(C)C3CO3)cc2)cc1. The third kappa shape index (κ3) is 8.71. The monoisotopic (exact) mass is 554 g/mol. The van der Waals surface area contributed by atoms with E-state index in [4.69, 9.17) is 23.7 Å². The summed E-state index contributed by atoms with van der Waals surface area (Å²) in [5.74, 6) is 2.16. The van der Waals surface area contributed by atoms with E-state index in [1.807, 2.05) is 0 Å². The van der Waals surface area contributed by atoms with Gasteiger partial charge in [-0.15, -0.1) is 0 Å². The molecule has 5 nitrogen and oxygen atoms in total. The van der Waals surface area contributed by atoms with Crippen LogP contribution in [0.15, 0.2) is 48.5 Å². The van der Waals surface area contributed by atoms with E-state index in [0.29, 0.717) is 19.1 Å². The summed E-state index contributed by atoms with van der Waals surface area (Å²) in [6.45, 7) is 27.4. The molecule has 0 spiro atoms. The molecule has 224 valence electrons. The van der Waals surface area contributed by atoms with Gasteiger partial charge in [-0.3, -0.25) is 0 Å². The van der Waals surface area contributed by atoms with Crippen LogP contribution in [0.3, 0.4) is 0 Å². The molecular formula is C35H54O5. The fraction of sp³-hybridized carbons (Fsp3) is 0.657. The van der Waals surface area contributed by atoms with Gasteiger partial charge < -0.3 is 23.7 Å². The van der Waals surface area contributed by atoms with Gasteiger partial charge in [0.15, 0.2) is 0 Å². The van der Waals surface area contributed by atoms with Crippen molar-refractivity contribution in [2.24, 2.45) is 5.92 Å². The first-order valence-corrected chi connectivity index (χ1v) is 14.9. The molecular weight excluding hydrogens is 500 g/mol. The number of hydrogen-bond acceptors (Lipinski definition) is 5. The van der Waals surface area contributed by atoms with E-state index in [1.54, 1.807) is 0 Å². The number of hydrogen-bond donors (Lipinski definition) is 0. The maximum absolute atomic E-state index is 6.34. The first-order chi connectivity index (χ1) is 18.4. The van der Waals surface area contributed by atoms with E-state index in [-0.39, 0.29) is 22.7 Å². The lowest BCUT2D eigenvalue weighted by molar-refractivity contribution is -0.105. The minimum Gasteiger partial charge on any atom is -0.485 e. The topological polar surface area (TPSA) is 49.5 Å². The van der Waals surface area contributed by atoms with Crippen molar-refractivity contribution in [1.29, 1.82) is 0 Å². The summed E-state index contributed by atoms with van der Waals surface area (Å²) < 4.78 is 30.5. The molecule has 0 aromatic heterocycles. The minimum atomic E-state index is -0.457. The summed E-state index contributed by atoms with van der Waals surface area (Å²) >= 11 is 0. The molecule has 2 aromatic carbocycles. The lowest BCUT2D eigenvalue weighted by atomic mass is 9.78. The van der Waals surface area contributed by atoms with Crippen LogP contribution >= 0.6 is 0 Å². The zero-order chi connectivity index (χ0) is 30.0. The van der Waals surface area contributed by atoms with E-state index in [2.05, 4.69) is 132 Å². The number of ether oxygens (including phenoxy) is 5. The molecule has 1 heterocycles. The van der Waals surface area contributed by atoms with Crippen LogP contribution in [0.2, 0.25) is 0 Å². The Morgan fingerprint density at radius 2 is 1.10 bits per heavy atom. The molecule has 2 atom stereocenters. The predicted octanol–water partition coefficient (Wildman–Crippen LogP) is 8.36. The maximum Gasteiger partial charge on any atom is 0.127 e. The molecule has 0 bridgehead atoms. The van der Waals surface area contributed by atoms with Gasteiger partial charge in [0.2, 0.25) is 0 Å². The van der Waals surface area contributed by atoms with Gasteiger partial charge in [-0.05, 0) is 96.7 Å². The third-order valence-corrected chi connectivity index (χ3v) is 8.43. The highest BCUT2D eigenvalue weighted by atomic mass is 16.6. The standard InChI is InChI=1S/C35H54O5/c1-13-25(2)34(9,10)37-23-31(3,4)39-28-18-14-26(15-19-28)33(7,8)27-16-20-29(21-17-27)40-32(5,6)24-38-35(11,12)30-22-36-30/h14-21,25,30H,13,22-24H2,1-12H3. The van der Waals surface area contributed by atoms with Gasteiger partial charge in [-0.25, -0.2) is 0 Å². The smallest absolute Gasteiger partial charge is 0.127 e. The van der Waals surface area contributed by atoms with Crippen LogP contribution in [-0.2, 0) is 19.6 Å². The molecule has 1 fully saturated rings. The molecule has 0 radical (unpaired) electrons. The van der Waals surface area contributed by atoms with Gasteiger partial charge in [0.05, 0.1) is 31.0 Å². The summed E-state index contributed by atoms with van der Waals surface area (Å²) in [7, 11) is 0.